The van der Waals surface area contributed by atoms with Crippen molar-refractivity contribution >= 4 is 12.4 Å². The van der Waals surface area contributed by atoms with Crippen LogP contribution < -0.4 is 5.73 Å². The Labute approximate surface area is 62.9 Å². The van der Waals surface area contributed by atoms with Crippen LogP contribution in [0.5, 0.6) is 0 Å². The second kappa shape index (κ2) is 4.76. The standard InChI is InChI=1S/C4H8F3NO.ClH/c1-3(8)9-2-4(5,6)7;/h3H,2,8H2,1H3;1H. The molecule has 0 aromatic rings. The lowest BCUT2D eigenvalue weighted by atomic mass is 10.6. The van der Waals surface area contributed by atoms with E-state index in [1.165, 1.54) is 6.92 Å². The molecule has 0 saturated carbocycles. The zero-order chi connectivity index (χ0) is 7.49. The molecule has 0 aliphatic carbocycles. The molecule has 0 aliphatic heterocycles. The first-order valence-corrected chi connectivity index (χ1v) is 2.36. The Hall–Kier alpha value is -0.0000000000000000555. The van der Waals surface area contributed by atoms with E-state index >= 15 is 0 Å². The van der Waals surface area contributed by atoms with Crippen LogP contribution in [0.25, 0.3) is 0 Å². The number of halogens is 4. The van der Waals surface area contributed by atoms with Gasteiger partial charge in [-0.15, -0.1) is 12.4 Å². The lowest BCUT2D eigenvalue weighted by Gasteiger charge is -2.09. The van der Waals surface area contributed by atoms with Crippen LogP contribution in [-0.2, 0) is 4.74 Å². The summed E-state index contributed by atoms with van der Waals surface area (Å²) >= 11 is 0. The molecule has 64 valence electrons. The van der Waals surface area contributed by atoms with Crippen LogP contribution in [0.1, 0.15) is 6.92 Å². The Balaban J connectivity index is 0. The van der Waals surface area contributed by atoms with Crippen LogP contribution in [0, 0.1) is 0 Å². The fraction of sp³-hybridized carbons (Fsp3) is 1.00. The molecule has 0 rings (SSSR count). The third kappa shape index (κ3) is 10.9. The van der Waals surface area contributed by atoms with E-state index in [-0.39, 0.29) is 12.4 Å². The van der Waals surface area contributed by atoms with E-state index in [0.29, 0.717) is 0 Å². The third-order valence-electron chi connectivity index (χ3n) is 0.510. The van der Waals surface area contributed by atoms with Crippen molar-refractivity contribution in [3.8, 4) is 0 Å². The largest absolute Gasteiger partial charge is 0.411 e. The van der Waals surface area contributed by atoms with E-state index < -0.39 is 19.0 Å². The smallest absolute Gasteiger partial charge is 0.354 e. The molecule has 1 atom stereocenters. The van der Waals surface area contributed by atoms with E-state index in [9.17, 15) is 13.2 Å². The molecule has 6 heteroatoms. The minimum Gasteiger partial charge on any atom is -0.354 e. The van der Waals surface area contributed by atoms with Gasteiger partial charge in [0.15, 0.2) is 0 Å². The highest BCUT2D eigenvalue weighted by atomic mass is 35.5. The van der Waals surface area contributed by atoms with Crippen molar-refractivity contribution in [3.63, 3.8) is 0 Å². The summed E-state index contributed by atoms with van der Waals surface area (Å²) in [5.41, 5.74) is 4.88. The van der Waals surface area contributed by atoms with E-state index in [4.69, 9.17) is 5.73 Å². The van der Waals surface area contributed by atoms with E-state index in [0.717, 1.165) is 0 Å². The van der Waals surface area contributed by atoms with E-state index in [1.54, 1.807) is 0 Å². The molecule has 0 fully saturated rings. The van der Waals surface area contributed by atoms with Gasteiger partial charge in [-0.25, -0.2) is 0 Å². The Morgan fingerprint density at radius 3 is 2.00 bits per heavy atom. The number of hydrogen-bond acceptors (Lipinski definition) is 2. The van der Waals surface area contributed by atoms with Crippen LogP contribution in [0.4, 0.5) is 13.2 Å². The summed E-state index contributed by atoms with van der Waals surface area (Å²) in [6.07, 6.45) is -5.13. The summed E-state index contributed by atoms with van der Waals surface area (Å²) < 4.78 is 37.8. The minimum atomic E-state index is -4.27. The van der Waals surface area contributed by atoms with E-state index in [1.807, 2.05) is 0 Å². The number of hydrogen-bond donors (Lipinski definition) is 1. The van der Waals surface area contributed by atoms with Crippen molar-refractivity contribution in [3.05, 3.63) is 0 Å². The Kier molecular flexibility index (Phi) is 6.02. The highest BCUT2D eigenvalue weighted by molar-refractivity contribution is 5.85. The van der Waals surface area contributed by atoms with Gasteiger partial charge in [0.1, 0.15) is 12.8 Å². The summed E-state index contributed by atoms with van der Waals surface area (Å²) in [6, 6.07) is 0. The summed E-state index contributed by atoms with van der Waals surface area (Å²) in [7, 11) is 0. The summed E-state index contributed by atoms with van der Waals surface area (Å²) in [5, 5.41) is 0. The molecule has 0 radical (unpaired) electrons. The zero-order valence-corrected chi connectivity index (χ0v) is 6.13. The van der Waals surface area contributed by atoms with Gasteiger partial charge in [0, 0.05) is 0 Å². The van der Waals surface area contributed by atoms with Crippen LogP contribution in [-0.4, -0.2) is 19.0 Å². The lowest BCUT2D eigenvalue weighted by Crippen LogP contribution is -2.26. The van der Waals surface area contributed by atoms with Gasteiger partial charge in [0.25, 0.3) is 0 Å². The van der Waals surface area contributed by atoms with E-state index in [2.05, 4.69) is 4.74 Å². The molecule has 2 N–H and O–H groups in total. The molecule has 10 heavy (non-hydrogen) atoms. The first-order chi connectivity index (χ1) is 3.92. The van der Waals surface area contributed by atoms with Crippen molar-refractivity contribution in [2.45, 2.75) is 19.3 Å². The first-order valence-electron chi connectivity index (χ1n) is 2.36. The fourth-order valence-electron chi connectivity index (χ4n) is 0.226. The third-order valence-corrected chi connectivity index (χ3v) is 0.510. The number of alkyl halides is 3. The van der Waals surface area contributed by atoms with Crippen molar-refractivity contribution in [1.29, 1.82) is 0 Å². The van der Waals surface area contributed by atoms with Crippen molar-refractivity contribution in [1.82, 2.24) is 0 Å². The van der Waals surface area contributed by atoms with Gasteiger partial charge in [-0.3, -0.25) is 0 Å². The maximum Gasteiger partial charge on any atom is 0.411 e. The Bertz CT molecular complexity index is 85.1. The van der Waals surface area contributed by atoms with Crippen molar-refractivity contribution < 1.29 is 17.9 Å². The molecule has 0 heterocycles. The highest BCUT2D eigenvalue weighted by Crippen LogP contribution is 2.14. The average Bonchev–Trinajstić information content (AvgIpc) is 1.59. The molecule has 0 saturated heterocycles. The second-order valence-corrected chi connectivity index (χ2v) is 1.63. The van der Waals surface area contributed by atoms with Crippen LogP contribution in [0.15, 0.2) is 0 Å². The lowest BCUT2D eigenvalue weighted by molar-refractivity contribution is -0.183. The van der Waals surface area contributed by atoms with Crippen LogP contribution >= 0.6 is 12.4 Å². The van der Waals surface area contributed by atoms with Gasteiger partial charge < -0.3 is 10.5 Å². The average molecular weight is 180 g/mol. The zero-order valence-electron chi connectivity index (χ0n) is 5.31. The monoisotopic (exact) mass is 179 g/mol. The fourth-order valence-corrected chi connectivity index (χ4v) is 0.226. The van der Waals surface area contributed by atoms with Crippen LogP contribution in [0.2, 0.25) is 0 Å². The molecule has 2 nitrogen and oxygen atoms in total. The Morgan fingerprint density at radius 2 is 1.90 bits per heavy atom. The normalized spacial score (nSPS) is 14.1. The molecule has 0 bridgehead atoms. The molecular weight excluding hydrogens is 170 g/mol. The van der Waals surface area contributed by atoms with Gasteiger partial charge in [-0.05, 0) is 6.92 Å². The van der Waals surface area contributed by atoms with Crippen LogP contribution in [0.3, 0.4) is 0 Å². The van der Waals surface area contributed by atoms with Gasteiger partial charge >= 0.3 is 6.18 Å². The van der Waals surface area contributed by atoms with Crippen molar-refractivity contribution in [2.75, 3.05) is 6.61 Å². The maximum absolute atomic E-state index is 11.2. The molecule has 1 unspecified atom stereocenters. The number of ether oxygens (including phenoxy) is 1. The summed E-state index contributed by atoms with van der Waals surface area (Å²) in [6.45, 7) is 0.0659. The summed E-state index contributed by atoms with van der Waals surface area (Å²) in [5.74, 6) is 0. The van der Waals surface area contributed by atoms with Gasteiger partial charge in [-0.2, -0.15) is 13.2 Å². The molecule has 0 aliphatic rings. The van der Waals surface area contributed by atoms with Gasteiger partial charge in [0.05, 0.1) is 0 Å². The molecule has 0 aromatic carbocycles. The predicted molar refractivity (Wildman–Crippen MR) is 32.9 cm³/mol. The van der Waals surface area contributed by atoms with Crippen molar-refractivity contribution in [2.24, 2.45) is 5.73 Å². The molecule has 0 spiro atoms. The predicted octanol–water partition coefficient (Wildman–Crippen LogP) is 1.29. The molecule has 0 aromatic heterocycles. The maximum atomic E-state index is 11.2. The highest BCUT2D eigenvalue weighted by Gasteiger charge is 2.27. The van der Waals surface area contributed by atoms with Gasteiger partial charge in [-0.1, -0.05) is 0 Å². The SMILES string of the molecule is CC(N)OCC(F)(F)F.Cl. The minimum absolute atomic E-state index is 0. The number of nitrogens with two attached hydrogens (primary N) is 1. The first kappa shape index (κ1) is 12.7. The molecular formula is C4H9ClF3NO. The topological polar surface area (TPSA) is 35.2 Å². The number of rotatable bonds is 2. The summed E-state index contributed by atoms with van der Waals surface area (Å²) in [4.78, 5) is 0. The second-order valence-electron chi connectivity index (χ2n) is 1.63. The van der Waals surface area contributed by atoms with Gasteiger partial charge in [0.2, 0.25) is 0 Å². The molecule has 0 amide bonds. The Morgan fingerprint density at radius 1 is 1.50 bits per heavy atom. The quantitative estimate of drug-likeness (QED) is 0.649.